The maximum absolute atomic E-state index is 12.4. The number of aromatic nitrogens is 1. The van der Waals surface area contributed by atoms with Gasteiger partial charge in [0, 0.05) is 43.5 Å². The van der Waals surface area contributed by atoms with E-state index in [0.717, 1.165) is 43.0 Å². The predicted octanol–water partition coefficient (Wildman–Crippen LogP) is 1.66. The van der Waals surface area contributed by atoms with Gasteiger partial charge in [0.1, 0.15) is 5.82 Å². The topological polar surface area (TPSA) is 68.7 Å². The van der Waals surface area contributed by atoms with Gasteiger partial charge >= 0.3 is 6.03 Å². The highest BCUT2D eigenvalue weighted by Gasteiger charge is 2.32. The van der Waals surface area contributed by atoms with Gasteiger partial charge in [0.15, 0.2) is 0 Å². The standard InChI is InChI=1S/C17H26N4O2/c1-13-4-5-14(16(19-13)20-8-2-3-9-20)12-18-17(23)21(10-11-22)15-6-7-15/h4-5,15,22H,2-3,6-12H2,1H3,(H,18,23). The quantitative estimate of drug-likeness (QED) is 0.837. The molecular weight excluding hydrogens is 292 g/mol. The minimum Gasteiger partial charge on any atom is -0.395 e. The number of urea groups is 1. The SMILES string of the molecule is Cc1ccc(CNC(=O)N(CCO)C2CC2)c(N2CCCC2)n1. The van der Waals surface area contributed by atoms with Crippen LogP contribution in [0.4, 0.5) is 10.6 Å². The number of rotatable bonds is 6. The first-order valence-electron chi connectivity index (χ1n) is 8.56. The molecule has 2 amide bonds. The van der Waals surface area contributed by atoms with Crippen molar-refractivity contribution in [1.82, 2.24) is 15.2 Å². The van der Waals surface area contributed by atoms with Crippen LogP contribution in [0.1, 0.15) is 36.9 Å². The molecule has 0 atom stereocenters. The minimum atomic E-state index is -0.0884. The lowest BCUT2D eigenvalue weighted by molar-refractivity contribution is 0.173. The molecule has 2 aliphatic rings. The Balaban J connectivity index is 1.66. The van der Waals surface area contributed by atoms with Crippen LogP contribution in [-0.4, -0.2) is 53.3 Å². The van der Waals surface area contributed by atoms with Crippen molar-refractivity contribution in [2.24, 2.45) is 0 Å². The monoisotopic (exact) mass is 318 g/mol. The van der Waals surface area contributed by atoms with E-state index in [9.17, 15) is 4.79 Å². The molecule has 1 aromatic rings. The van der Waals surface area contributed by atoms with E-state index in [2.05, 4.69) is 21.3 Å². The first-order chi connectivity index (χ1) is 11.2. The number of nitrogens with one attached hydrogen (secondary N) is 1. The molecule has 2 fully saturated rings. The van der Waals surface area contributed by atoms with Crippen LogP contribution in [0.15, 0.2) is 12.1 Å². The van der Waals surface area contributed by atoms with E-state index in [1.807, 2.05) is 13.0 Å². The van der Waals surface area contributed by atoms with Crippen LogP contribution in [0.5, 0.6) is 0 Å². The van der Waals surface area contributed by atoms with Crippen molar-refractivity contribution < 1.29 is 9.90 Å². The van der Waals surface area contributed by atoms with Crippen molar-refractivity contribution in [3.63, 3.8) is 0 Å². The van der Waals surface area contributed by atoms with Crippen LogP contribution in [-0.2, 0) is 6.54 Å². The molecule has 0 radical (unpaired) electrons. The van der Waals surface area contributed by atoms with Crippen LogP contribution < -0.4 is 10.2 Å². The van der Waals surface area contributed by atoms with E-state index >= 15 is 0 Å². The van der Waals surface area contributed by atoms with Crippen molar-refractivity contribution in [3.05, 3.63) is 23.4 Å². The van der Waals surface area contributed by atoms with Crippen molar-refractivity contribution in [3.8, 4) is 0 Å². The lowest BCUT2D eigenvalue weighted by Crippen LogP contribution is -2.42. The van der Waals surface area contributed by atoms with Crippen molar-refractivity contribution in [2.75, 3.05) is 31.1 Å². The molecule has 6 nitrogen and oxygen atoms in total. The zero-order chi connectivity index (χ0) is 16.2. The minimum absolute atomic E-state index is 0.00896. The highest BCUT2D eigenvalue weighted by molar-refractivity contribution is 5.75. The summed E-state index contributed by atoms with van der Waals surface area (Å²) in [5.41, 5.74) is 2.06. The summed E-state index contributed by atoms with van der Waals surface area (Å²) in [6.45, 7) is 4.97. The molecule has 2 heterocycles. The molecule has 126 valence electrons. The summed E-state index contributed by atoms with van der Waals surface area (Å²) in [6.07, 6.45) is 4.48. The fraction of sp³-hybridized carbons (Fsp3) is 0.647. The summed E-state index contributed by atoms with van der Waals surface area (Å²) < 4.78 is 0. The Bertz CT molecular complexity index is 554. The Morgan fingerprint density at radius 2 is 2.13 bits per heavy atom. The van der Waals surface area contributed by atoms with E-state index in [1.54, 1.807) is 4.90 Å². The van der Waals surface area contributed by atoms with E-state index < -0.39 is 0 Å². The molecule has 0 bridgehead atoms. The Hall–Kier alpha value is -1.82. The van der Waals surface area contributed by atoms with E-state index in [-0.39, 0.29) is 12.6 Å². The van der Waals surface area contributed by atoms with Gasteiger partial charge in [-0.25, -0.2) is 9.78 Å². The molecule has 2 N–H and O–H groups in total. The molecule has 1 aliphatic carbocycles. The molecule has 23 heavy (non-hydrogen) atoms. The number of carbonyl (C=O) groups is 1. The van der Waals surface area contributed by atoms with E-state index in [0.29, 0.717) is 19.1 Å². The summed E-state index contributed by atoms with van der Waals surface area (Å²) in [7, 11) is 0. The second kappa shape index (κ2) is 7.17. The van der Waals surface area contributed by atoms with Gasteiger partial charge in [-0.15, -0.1) is 0 Å². The fourth-order valence-corrected chi connectivity index (χ4v) is 3.13. The third-order valence-electron chi connectivity index (χ3n) is 4.52. The molecule has 0 unspecified atom stereocenters. The van der Waals surface area contributed by atoms with Gasteiger partial charge in [0.05, 0.1) is 6.61 Å². The maximum atomic E-state index is 12.4. The first-order valence-corrected chi connectivity index (χ1v) is 8.56. The number of pyridine rings is 1. The summed E-state index contributed by atoms with van der Waals surface area (Å²) >= 11 is 0. The van der Waals surface area contributed by atoms with Gasteiger partial charge < -0.3 is 20.2 Å². The van der Waals surface area contributed by atoms with Crippen molar-refractivity contribution >= 4 is 11.8 Å². The van der Waals surface area contributed by atoms with Gasteiger partial charge in [-0.05, 0) is 38.7 Å². The van der Waals surface area contributed by atoms with Crippen LogP contribution in [0.25, 0.3) is 0 Å². The number of aliphatic hydroxyl groups is 1. The van der Waals surface area contributed by atoms with Crippen molar-refractivity contribution in [2.45, 2.75) is 45.2 Å². The number of hydrogen-bond acceptors (Lipinski definition) is 4. The molecule has 1 aromatic heterocycles. The van der Waals surface area contributed by atoms with Crippen LogP contribution >= 0.6 is 0 Å². The number of aryl methyl sites for hydroxylation is 1. The van der Waals surface area contributed by atoms with Crippen LogP contribution in [0.2, 0.25) is 0 Å². The van der Waals surface area contributed by atoms with Crippen LogP contribution in [0.3, 0.4) is 0 Å². The highest BCUT2D eigenvalue weighted by atomic mass is 16.3. The van der Waals surface area contributed by atoms with Crippen LogP contribution in [0, 0.1) is 6.92 Å². The predicted molar refractivity (Wildman–Crippen MR) is 89.5 cm³/mol. The number of nitrogens with zero attached hydrogens (tertiary/aromatic N) is 3. The number of amides is 2. The Labute approximate surface area is 137 Å². The number of hydrogen-bond donors (Lipinski definition) is 2. The summed E-state index contributed by atoms with van der Waals surface area (Å²) in [5.74, 6) is 1.00. The van der Waals surface area contributed by atoms with Gasteiger partial charge in [0.25, 0.3) is 0 Å². The van der Waals surface area contributed by atoms with Gasteiger partial charge in [-0.2, -0.15) is 0 Å². The molecule has 1 saturated carbocycles. The highest BCUT2D eigenvalue weighted by Crippen LogP contribution is 2.27. The van der Waals surface area contributed by atoms with Crippen molar-refractivity contribution in [1.29, 1.82) is 0 Å². The third kappa shape index (κ3) is 3.93. The molecule has 0 spiro atoms. The Kier molecular flexibility index (Phi) is 5.00. The number of aliphatic hydroxyl groups excluding tert-OH is 1. The summed E-state index contributed by atoms with van der Waals surface area (Å²) in [4.78, 5) is 21.1. The molecule has 1 aliphatic heterocycles. The number of carbonyl (C=O) groups excluding carboxylic acids is 1. The molecule has 3 rings (SSSR count). The van der Waals surface area contributed by atoms with Gasteiger partial charge in [-0.3, -0.25) is 0 Å². The first kappa shape index (κ1) is 16.1. The largest absolute Gasteiger partial charge is 0.395 e. The molecular formula is C17H26N4O2. The average molecular weight is 318 g/mol. The zero-order valence-corrected chi connectivity index (χ0v) is 13.8. The Morgan fingerprint density at radius 1 is 1.39 bits per heavy atom. The second-order valence-electron chi connectivity index (χ2n) is 6.44. The number of anilines is 1. The van der Waals surface area contributed by atoms with Gasteiger partial charge in [-0.1, -0.05) is 6.07 Å². The second-order valence-corrected chi connectivity index (χ2v) is 6.44. The molecule has 6 heteroatoms. The summed E-state index contributed by atoms with van der Waals surface area (Å²) in [6, 6.07) is 4.27. The summed E-state index contributed by atoms with van der Waals surface area (Å²) in [5, 5.41) is 12.1. The maximum Gasteiger partial charge on any atom is 0.317 e. The van der Waals surface area contributed by atoms with E-state index in [1.165, 1.54) is 12.8 Å². The van der Waals surface area contributed by atoms with E-state index in [4.69, 9.17) is 5.11 Å². The van der Waals surface area contributed by atoms with Gasteiger partial charge in [0.2, 0.25) is 0 Å². The normalized spacial score (nSPS) is 17.4. The Morgan fingerprint density at radius 3 is 2.78 bits per heavy atom. The fourth-order valence-electron chi connectivity index (χ4n) is 3.13. The zero-order valence-electron chi connectivity index (χ0n) is 13.8. The lowest BCUT2D eigenvalue weighted by Gasteiger charge is -2.24. The molecule has 0 aromatic carbocycles. The molecule has 1 saturated heterocycles. The average Bonchev–Trinajstić information content (AvgIpc) is 3.24. The lowest BCUT2D eigenvalue weighted by atomic mass is 10.2. The third-order valence-corrected chi connectivity index (χ3v) is 4.52. The smallest absolute Gasteiger partial charge is 0.317 e.